The molecule has 0 saturated heterocycles. The van der Waals surface area contributed by atoms with Gasteiger partial charge in [0.1, 0.15) is 0 Å². The van der Waals surface area contributed by atoms with Gasteiger partial charge in [0.15, 0.2) is 0 Å². The molecule has 0 aliphatic carbocycles. The van der Waals surface area contributed by atoms with Crippen LogP contribution in [0.25, 0.3) is 0 Å². The predicted octanol–water partition coefficient (Wildman–Crippen LogP) is 4.70. The minimum atomic E-state index is -0.561. The highest BCUT2D eigenvalue weighted by molar-refractivity contribution is 6.30. The highest BCUT2D eigenvalue weighted by atomic mass is 35.5. The molecule has 0 atom stereocenters. The molecule has 0 amide bonds. The van der Waals surface area contributed by atoms with Crippen LogP contribution in [-0.4, -0.2) is 23.4 Å². The molecule has 0 aliphatic heterocycles. The van der Waals surface area contributed by atoms with Crippen molar-refractivity contribution in [2.45, 2.75) is 63.7 Å². The first kappa shape index (κ1) is 18.5. The van der Waals surface area contributed by atoms with Gasteiger partial charge in [0.05, 0.1) is 13.2 Å². The summed E-state index contributed by atoms with van der Waals surface area (Å²) in [4.78, 5) is 0. The maximum atomic E-state index is 9.79. The Morgan fingerprint density at radius 2 is 1.57 bits per heavy atom. The average Bonchev–Trinajstić information content (AvgIpc) is 2.51. The van der Waals surface area contributed by atoms with Gasteiger partial charge >= 0.3 is 0 Å². The summed E-state index contributed by atoms with van der Waals surface area (Å²) >= 11 is 6.03. The summed E-state index contributed by atoms with van der Waals surface area (Å²) in [5.74, 6) is 0. The van der Waals surface area contributed by atoms with Crippen molar-refractivity contribution in [1.29, 1.82) is 0 Å². The van der Waals surface area contributed by atoms with Crippen molar-refractivity contribution in [3.63, 3.8) is 0 Å². The molecule has 1 aromatic rings. The molecule has 0 unspecified atom stereocenters. The van der Waals surface area contributed by atoms with Gasteiger partial charge in [0.25, 0.3) is 0 Å². The van der Waals surface area contributed by atoms with E-state index >= 15 is 0 Å². The van der Waals surface area contributed by atoms with Crippen LogP contribution < -0.4 is 0 Å². The Morgan fingerprint density at radius 1 is 0.952 bits per heavy atom. The van der Waals surface area contributed by atoms with E-state index in [1.54, 1.807) is 0 Å². The molecule has 0 spiro atoms. The normalized spacial score (nSPS) is 11.8. The first-order valence-corrected chi connectivity index (χ1v) is 8.54. The van der Waals surface area contributed by atoms with E-state index in [9.17, 15) is 10.2 Å². The van der Waals surface area contributed by atoms with Crippen LogP contribution in [0.15, 0.2) is 24.3 Å². The lowest BCUT2D eigenvalue weighted by Gasteiger charge is -2.30. The molecule has 1 aromatic carbocycles. The van der Waals surface area contributed by atoms with Gasteiger partial charge in [-0.3, -0.25) is 0 Å². The molecule has 0 heterocycles. The Kier molecular flexibility index (Phi) is 8.98. The molecule has 3 heteroatoms. The first-order chi connectivity index (χ1) is 10.2. The van der Waals surface area contributed by atoms with E-state index in [-0.39, 0.29) is 13.2 Å². The Morgan fingerprint density at radius 3 is 2.14 bits per heavy atom. The lowest BCUT2D eigenvalue weighted by atomic mass is 9.77. The summed E-state index contributed by atoms with van der Waals surface area (Å²) in [6.45, 7) is 2.14. The summed E-state index contributed by atoms with van der Waals surface area (Å²) in [6, 6.07) is 7.50. The molecule has 21 heavy (non-hydrogen) atoms. The van der Waals surface area contributed by atoms with Crippen molar-refractivity contribution in [3.8, 4) is 0 Å². The monoisotopic (exact) mass is 312 g/mol. The molecule has 0 saturated carbocycles. The first-order valence-electron chi connectivity index (χ1n) is 8.16. The van der Waals surface area contributed by atoms with Gasteiger partial charge in [-0.05, 0) is 24.1 Å². The standard InChI is InChI=1S/C18H29ClO2/c1-2-3-4-5-6-7-8-12-18(14-20,15-21)16-10-9-11-17(19)13-16/h9-11,13,20-21H,2-8,12,14-15H2,1H3. The number of unbranched alkanes of at least 4 members (excludes halogenated alkanes) is 6. The number of halogens is 1. The third-order valence-electron chi connectivity index (χ3n) is 4.30. The molecule has 0 aliphatic rings. The maximum Gasteiger partial charge on any atom is 0.0550 e. The van der Waals surface area contributed by atoms with Crippen molar-refractivity contribution in [1.82, 2.24) is 0 Å². The van der Waals surface area contributed by atoms with Gasteiger partial charge < -0.3 is 10.2 Å². The summed E-state index contributed by atoms with van der Waals surface area (Å²) in [6.07, 6.45) is 9.42. The van der Waals surface area contributed by atoms with Crippen LogP contribution in [0.2, 0.25) is 5.02 Å². The second kappa shape index (κ2) is 10.2. The summed E-state index contributed by atoms with van der Waals surface area (Å²) in [5.41, 5.74) is 0.375. The fourth-order valence-electron chi connectivity index (χ4n) is 2.77. The van der Waals surface area contributed by atoms with E-state index in [1.165, 1.54) is 32.1 Å². The van der Waals surface area contributed by atoms with Crippen LogP contribution >= 0.6 is 11.6 Å². The summed E-state index contributed by atoms with van der Waals surface area (Å²) in [5, 5.41) is 20.2. The van der Waals surface area contributed by atoms with Gasteiger partial charge in [-0.1, -0.05) is 75.6 Å². The number of rotatable bonds is 11. The Hall–Kier alpha value is -0.570. The number of aliphatic hydroxyl groups is 2. The molecule has 2 N–H and O–H groups in total. The van der Waals surface area contributed by atoms with Crippen LogP contribution in [0.4, 0.5) is 0 Å². The largest absolute Gasteiger partial charge is 0.395 e. The molecule has 0 aromatic heterocycles. The van der Waals surface area contributed by atoms with Crippen LogP contribution in [-0.2, 0) is 5.41 Å². The van der Waals surface area contributed by atoms with Crippen molar-refractivity contribution < 1.29 is 10.2 Å². The fraction of sp³-hybridized carbons (Fsp3) is 0.667. The summed E-state index contributed by atoms with van der Waals surface area (Å²) < 4.78 is 0. The maximum absolute atomic E-state index is 9.79. The van der Waals surface area contributed by atoms with Gasteiger partial charge in [0.2, 0.25) is 0 Å². The Labute approximate surface area is 134 Å². The SMILES string of the molecule is CCCCCCCCCC(CO)(CO)c1cccc(Cl)c1. The van der Waals surface area contributed by atoms with Crippen molar-refractivity contribution in [3.05, 3.63) is 34.9 Å². The second-order valence-electron chi connectivity index (χ2n) is 5.98. The lowest BCUT2D eigenvalue weighted by molar-refractivity contribution is 0.107. The zero-order valence-electron chi connectivity index (χ0n) is 13.2. The van der Waals surface area contributed by atoms with Crippen molar-refractivity contribution >= 4 is 11.6 Å². The second-order valence-corrected chi connectivity index (χ2v) is 6.41. The molecule has 0 fully saturated rings. The van der Waals surface area contributed by atoms with Crippen LogP contribution in [0.5, 0.6) is 0 Å². The molecule has 2 nitrogen and oxygen atoms in total. The van der Waals surface area contributed by atoms with E-state index in [2.05, 4.69) is 6.92 Å². The fourth-order valence-corrected chi connectivity index (χ4v) is 2.96. The molecule has 1 rings (SSSR count). The molecular weight excluding hydrogens is 284 g/mol. The predicted molar refractivity (Wildman–Crippen MR) is 89.9 cm³/mol. The third-order valence-corrected chi connectivity index (χ3v) is 4.54. The number of hydrogen-bond donors (Lipinski definition) is 2. The molecule has 120 valence electrons. The average molecular weight is 313 g/mol. The Balaban J connectivity index is 2.49. The van der Waals surface area contributed by atoms with Gasteiger partial charge in [-0.2, -0.15) is 0 Å². The smallest absolute Gasteiger partial charge is 0.0550 e. The number of benzene rings is 1. The van der Waals surface area contributed by atoms with E-state index in [0.29, 0.717) is 5.02 Å². The van der Waals surface area contributed by atoms with E-state index in [0.717, 1.165) is 24.8 Å². The zero-order valence-corrected chi connectivity index (χ0v) is 13.9. The van der Waals surface area contributed by atoms with E-state index in [1.807, 2.05) is 24.3 Å². The van der Waals surface area contributed by atoms with Gasteiger partial charge in [0, 0.05) is 10.4 Å². The van der Waals surface area contributed by atoms with E-state index in [4.69, 9.17) is 11.6 Å². The lowest BCUT2D eigenvalue weighted by Crippen LogP contribution is -2.34. The van der Waals surface area contributed by atoms with Crippen LogP contribution in [0.1, 0.15) is 63.9 Å². The minimum absolute atomic E-state index is 0.0420. The Bertz CT molecular complexity index is 389. The van der Waals surface area contributed by atoms with Crippen LogP contribution in [0, 0.1) is 0 Å². The van der Waals surface area contributed by atoms with Crippen molar-refractivity contribution in [2.24, 2.45) is 0 Å². The van der Waals surface area contributed by atoms with Gasteiger partial charge in [-0.15, -0.1) is 0 Å². The highest BCUT2D eigenvalue weighted by Crippen LogP contribution is 2.31. The third kappa shape index (κ3) is 5.98. The minimum Gasteiger partial charge on any atom is -0.395 e. The quantitative estimate of drug-likeness (QED) is 0.581. The summed E-state index contributed by atoms with van der Waals surface area (Å²) in [7, 11) is 0. The topological polar surface area (TPSA) is 40.5 Å². The molecule has 0 radical (unpaired) electrons. The van der Waals surface area contributed by atoms with Crippen molar-refractivity contribution in [2.75, 3.05) is 13.2 Å². The highest BCUT2D eigenvalue weighted by Gasteiger charge is 2.30. The number of aliphatic hydroxyl groups excluding tert-OH is 2. The number of hydrogen-bond acceptors (Lipinski definition) is 2. The zero-order chi connectivity index (χ0) is 15.6. The molecular formula is C18H29ClO2. The van der Waals surface area contributed by atoms with E-state index < -0.39 is 5.41 Å². The van der Waals surface area contributed by atoms with Gasteiger partial charge in [-0.25, -0.2) is 0 Å². The van der Waals surface area contributed by atoms with Crippen LogP contribution in [0.3, 0.4) is 0 Å². The molecule has 0 bridgehead atoms.